The van der Waals surface area contributed by atoms with Crippen LogP contribution in [0.15, 0.2) is 29.4 Å². The van der Waals surface area contributed by atoms with Crippen LogP contribution in [-0.2, 0) is 16.1 Å². The van der Waals surface area contributed by atoms with E-state index in [4.69, 9.17) is 4.74 Å². The monoisotopic (exact) mass is 294 g/mol. The van der Waals surface area contributed by atoms with E-state index in [0.717, 1.165) is 11.3 Å². The van der Waals surface area contributed by atoms with E-state index >= 15 is 0 Å². The van der Waals surface area contributed by atoms with Crippen molar-refractivity contribution in [1.29, 1.82) is 0 Å². The molecule has 0 fully saturated rings. The predicted molar refractivity (Wildman–Crippen MR) is 72.7 cm³/mol. The van der Waals surface area contributed by atoms with Gasteiger partial charge in [0.2, 0.25) is 5.16 Å². The molecule has 0 unspecified atom stereocenters. The first-order valence-electron chi connectivity index (χ1n) is 5.81. The molecule has 20 heavy (non-hydrogen) atoms. The van der Waals surface area contributed by atoms with Gasteiger partial charge < -0.3 is 9.47 Å². The molecule has 1 aromatic heterocycles. The van der Waals surface area contributed by atoms with Crippen LogP contribution in [0.25, 0.3) is 0 Å². The number of aromatic nitrogens is 4. The molecule has 0 N–H and O–H groups in total. The maximum Gasteiger partial charge on any atom is 0.316 e. The first-order chi connectivity index (χ1) is 9.72. The average Bonchev–Trinajstić information content (AvgIpc) is 2.92. The Labute approximate surface area is 120 Å². The van der Waals surface area contributed by atoms with Crippen molar-refractivity contribution in [2.75, 3.05) is 20.0 Å². The van der Waals surface area contributed by atoms with Crippen molar-refractivity contribution in [3.63, 3.8) is 0 Å². The van der Waals surface area contributed by atoms with Gasteiger partial charge in [0, 0.05) is 0 Å². The lowest BCUT2D eigenvalue weighted by Gasteiger charge is -2.05. The van der Waals surface area contributed by atoms with E-state index in [-0.39, 0.29) is 11.7 Å². The molecule has 0 aliphatic heterocycles. The van der Waals surface area contributed by atoms with Gasteiger partial charge >= 0.3 is 5.97 Å². The van der Waals surface area contributed by atoms with Crippen LogP contribution in [0.2, 0.25) is 0 Å². The van der Waals surface area contributed by atoms with Crippen LogP contribution in [0.4, 0.5) is 0 Å². The molecule has 0 spiro atoms. The Morgan fingerprint density at radius 2 is 2.05 bits per heavy atom. The number of esters is 1. The number of hydrogen-bond donors (Lipinski definition) is 0. The third kappa shape index (κ3) is 3.70. The molecule has 8 heteroatoms. The lowest BCUT2D eigenvalue weighted by Crippen LogP contribution is -2.07. The topological polar surface area (TPSA) is 79.1 Å². The van der Waals surface area contributed by atoms with Gasteiger partial charge in [0.15, 0.2) is 0 Å². The second-order valence-electron chi connectivity index (χ2n) is 3.83. The number of thioether (sulfide) groups is 1. The van der Waals surface area contributed by atoms with Gasteiger partial charge in [-0.25, -0.2) is 4.68 Å². The summed E-state index contributed by atoms with van der Waals surface area (Å²) in [6.45, 7) is 0.528. The summed E-state index contributed by atoms with van der Waals surface area (Å²) >= 11 is 1.24. The van der Waals surface area contributed by atoms with E-state index in [1.54, 1.807) is 11.8 Å². The molecular weight excluding hydrogens is 280 g/mol. The van der Waals surface area contributed by atoms with E-state index in [9.17, 15) is 4.79 Å². The molecule has 0 saturated carbocycles. The maximum atomic E-state index is 11.1. The fourth-order valence-corrected chi connectivity index (χ4v) is 2.19. The molecule has 0 radical (unpaired) electrons. The zero-order valence-electron chi connectivity index (χ0n) is 11.1. The first kappa shape index (κ1) is 14.3. The van der Waals surface area contributed by atoms with Gasteiger partial charge in [0.05, 0.1) is 26.5 Å². The van der Waals surface area contributed by atoms with E-state index in [1.165, 1.54) is 18.9 Å². The number of tetrazole rings is 1. The summed E-state index contributed by atoms with van der Waals surface area (Å²) in [4.78, 5) is 11.1. The molecule has 0 atom stereocenters. The number of carbonyl (C=O) groups is 1. The summed E-state index contributed by atoms with van der Waals surface area (Å²) in [7, 11) is 2.97. The van der Waals surface area contributed by atoms with Crippen molar-refractivity contribution in [3.05, 3.63) is 29.8 Å². The second-order valence-corrected chi connectivity index (χ2v) is 4.77. The highest BCUT2D eigenvalue weighted by Gasteiger charge is 2.10. The van der Waals surface area contributed by atoms with Gasteiger partial charge in [-0.05, 0) is 28.1 Å². The van der Waals surface area contributed by atoms with Gasteiger partial charge in [-0.1, -0.05) is 23.9 Å². The minimum absolute atomic E-state index is 0.180. The van der Waals surface area contributed by atoms with E-state index in [0.29, 0.717) is 11.7 Å². The Balaban J connectivity index is 2.02. The van der Waals surface area contributed by atoms with Gasteiger partial charge in [-0.2, -0.15) is 0 Å². The van der Waals surface area contributed by atoms with Gasteiger partial charge in [-0.3, -0.25) is 4.79 Å². The van der Waals surface area contributed by atoms with Crippen molar-refractivity contribution in [2.24, 2.45) is 0 Å². The summed E-state index contributed by atoms with van der Waals surface area (Å²) < 4.78 is 11.3. The summed E-state index contributed by atoms with van der Waals surface area (Å²) in [5, 5.41) is 12.0. The molecule has 7 nitrogen and oxygen atoms in total. The maximum absolute atomic E-state index is 11.1. The number of carbonyl (C=O) groups excluding carboxylic acids is 1. The molecule has 0 bridgehead atoms. The zero-order valence-corrected chi connectivity index (χ0v) is 12.0. The third-order valence-electron chi connectivity index (χ3n) is 2.54. The lowest BCUT2D eigenvalue weighted by molar-refractivity contribution is -0.137. The third-order valence-corrected chi connectivity index (χ3v) is 3.47. The Bertz CT molecular complexity index is 570. The highest BCUT2D eigenvalue weighted by Crippen LogP contribution is 2.16. The van der Waals surface area contributed by atoms with E-state index < -0.39 is 0 Å². The highest BCUT2D eigenvalue weighted by molar-refractivity contribution is 7.99. The van der Waals surface area contributed by atoms with Crippen LogP contribution in [0.5, 0.6) is 5.75 Å². The summed E-state index contributed by atoms with van der Waals surface area (Å²) in [6, 6.07) is 7.63. The van der Waals surface area contributed by atoms with Crippen molar-refractivity contribution in [1.82, 2.24) is 20.2 Å². The summed E-state index contributed by atoms with van der Waals surface area (Å²) in [6.07, 6.45) is 0. The standard InChI is InChI=1S/C12H14N4O3S/c1-18-10-5-3-9(4-6-10)7-16-12(13-14-15-16)20-8-11(17)19-2/h3-6H,7-8H2,1-2H3. The van der Waals surface area contributed by atoms with E-state index in [2.05, 4.69) is 20.3 Å². The number of benzene rings is 1. The van der Waals surface area contributed by atoms with Crippen molar-refractivity contribution < 1.29 is 14.3 Å². The molecule has 0 saturated heterocycles. The predicted octanol–water partition coefficient (Wildman–Crippen LogP) is 0.995. The normalized spacial score (nSPS) is 10.3. The summed E-state index contributed by atoms with van der Waals surface area (Å²) in [5.41, 5.74) is 1.04. The van der Waals surface area contributed by atoms with Crippen LogP contribution in [0.3, 0.4) is 0 Å². The lowest BCUT2D eigenvalue weighted by atomic mass is 10.2. The molecule has 1 aromatic carbocycles. The highest BCUT2D eigenvalue weighted by atomic mass is 32.2. The fraction of sp³-hybridized carbons (Fsp3) is 0.333. The van der Waals surface area contributed by atoms with Crippen LogP contribution in [-0.4, -0.2) is 46.1 Å². The number of methoxy groups -OCH3 is 2. The molecule has 106 valence electrons. The molecule has 0 aliphatic rings. The molecule has 1 heterocycles. The minimum Gasteiger partial charge on any atom is -0.497 e. The van der Waals surface area contributed by atoms with Gasteiger partial charge in [0.25, 0.3) is 0 Å². The van der Waals surface area contributed by atoms with Crippen molar-refractivity contribution in [3.8, 4) is 5.75 Å². The van der Waals surface area contributed by atoms with Crippen LogP contribution in [0, 0.1) is 0 Å². The van der Waals surface area contributed by atoms with E-state index in [1.807, 2.05) is 24.3 Å². The number of nitrogens with zero attached hydrogens (tertiary/aromatic N) is 4. The Morgan fingerprint density at radius 3 is 2.70 bits per heavy atom. The van der Waals surface area contributed by atoms with Gasteiger partial charge in [0.1, 0.15) is 5.75 Å². The minimum atomic E-state index is -0.311. The van der Waals surface area contributed by atoms with Crippen LogP contribution >= 0.6 is 11.8 Å². The largest absolute Gasteiger partial charge is 0.497 e. The molecular formula is C12H14N4O3S. The SMILES string of the molecule is COC(=O)CSc1nnnn1Cc1ccc(OC)cc1. The molecule has 0 aliphatic carbocycles. The Kier molecular flexibility index (Phi) is 4.94. The second kappa shape index (κ2) is 6.90. The molecule has 0 amide bonds. The molecule has 2 aromatic rings. The Morgan fingerprint density at radius 1 is 1.30 bits per heavy atom. The Hall–Kier alpha value is -2.09. The zero-order chi connectivity index (χ0) is 14.4. The van der Waals surface area contributed by atoms with Crippen molar-refractivity contribution in [2.45, 2.75) is 11.7 Å². The smallest absolute Gasteiger partial charge is 0.316 e. The number of hydrogen-bond acceptors (Lipinski definition) is 7. The van der Waals surface area contributed by atoms with Crippen molar-refractivity contribution >= 4 is 17.7 Å². The number of ether oxygens (including phenoxy) is 2. The quantitative estimate of drug-likeness (QED) is 0.580. The first-order valence-corrected chi connectivity index (χ1v) is 6.80. The average molecular weight is 294 g/mol. The fourth-order valence-electron chi connectivity index (χ4n) is 1.49. The van der Waals surface area contributed by atoms with Gasteiger partial charge in [-0.15, -0.1) is 5.10 Å². The molecule has 2 rings (SSSR count). The number of rotatable bonds is 6. The van der Waals surface area contributed by atoms with Crippen LogP contribution < -0.4 is 4.74 Å². The summed E-state index contributed by atoms with van der Waals surface area (Å²) in [5.74, 6) is 0.666. The van der Waals surface area contributed by atoms with Crippen LogP contribution in [0.1, 0.15) is 5.56 Å².